The first kappa shape index (κ1) is 12.2. The highest BCUT2D eigenvalue weighted by atomic mass is 79.9. The molecule has 1 aliphatic carbocycles. The van der Waals surface area contributed by atoms with Crippen molar-refractivity contribution in [2.45, 2.75) is 19.3 Å². The van der Waals surface area contributed by atoms with Crippen LogP contribution < -0.4 is 5.73 Å². The lowest BCUT2D eigenvalue weighted by molar-refractivity contribution is 0.421. The molecule has 1 aliphatic rings. The zero-order valence-electron chi connectivity index (χ0n) is 9.49. The third-order valence-corrected chi connectivity index (χ3v) is 4.07. The van der Waals surface area contributed by atoms with E-state index in [1.807, 2.05) is 12.1 Å². The molecule has 2 N–H and O–H groups in total. The lowest BCUT2D eigenvalue weighted by Gasteiger charge is -2.04. The van der Waals surface area contributed by atoms with Gasteiger partial charge < -0.3 is 10.3 Å². The number of hydrogen-bond donors (Lipinski definition) is 1. The average molecular weight is 373 g/mol. The summed E-state index contributed by atoms with van der Waals surface area (Å²) in [5.41, 5.74) is 7.38. The van der Waals surface area contributed by atoms with Gasteiger partial charge in [-0.3, -0.25) is 0 Å². The van der Waals surface area contributed by atoms with Crippen molar-refractivity contribution in [3.8, 4) is 11.5 Å². The SMILES string of the molecule is Nc1c(Br)cc(Br)cc1-c1nc(CC2CC2)no1. The summed E-state index contributed by atoms with van der Waals surface area (Å²) in [7, 11) is 0. The number of nitrogen functional groups attached to an aromatic ring is 1. The van der Waals surface area contributed by atoms with Gasteiger partial charge in [0.25, 0.3) is 5.89 Å². The van der Waals surface area contributed by atoms with Gasteiger partial charge in [0, 0.05) is 15.4 Å². The van der Waals surface area contributed by atoms with E-state index in [0.717, 1.165) is 32.7 Å². The Hall–Kier alpha value is -0.880. The molecule has 0 bridgehead atoms. The normalized spacial score (nSPS) is 15.0. The van der Waals surface area contributed by atoms with Crippen molar-refractivity contribution in [2.24, 2.45) is 5.92 Å². The highest BCUT2D eigenvalue weighted by Gasteiger charge is 2.24. The van der Waals surface area contributed by atoms with Crippen LogP contribution in [0.15, 0.2) is 25.6 Å². The molecular weight excluding hydrogens is 362 g/mol. The third kappa shape index (κ3) is 2.44. The Kier molecular flexibility index (Phi) is 3.15. The van der Waals surface area contributed by atoms with Gasteiger partial charge in [0.15, 0.2) is 5.82 Å². The Morgan fingerprint density at radius 1 is 1.33 bits per heavy atom. The van der Waals surface area contributed by atoms with E-state index in [1.54, 1.807) is 0 Å². The summed E-state index contributed by atoms with van der Waals surface area (Å²) in [5, 5.41) is 4.00. The van der Waals surface area contributed by atoms with Crippen molar-refractivity contribution in [2.75, 3.05) is 5.73 Å². The predicted octanol–water partition coefficient (Wildman–Crippen LogP) is 3.80. The van der Waals surface area contributed by atoms with Crippen LogP contribution in [0.25, 0.3) is 11.5 Å². The number of aromatic nitrogens is 2. The molecule has 3 rings (SSSR count). The summed E-state index contributed by atoms with van der Waals surface area (Å²) < 4.78 is 7.02. The lowest BCUT2D eigenvalue weighted by atomic mass is 10.2. The Morgan fingerprint density at radius 2 is 2.11 bits per heavy atom. The van der Waals surface area contributed by atoms with Gasteiger partial charge in [-0.2, -0.15) is 4.98 Å². The molecule has 0 atom stereocenters. The van der Waals surface area contributed by atoms with Crippen LogP contribution in [0.1, 0.15) is 18.7 Å². The largest absolute Gasteiger partial charge is 0.397 e. The minimum atomic E-state index is 0.477. The van der Waals surface area contributed by atoms with Crippen molar-refractivity contribution < 1.29 is 4.52 Å². The summed E-state index contributed by atoms with van der Waals surface area (Å²) in [4.78, 5) is 4.40. The van der Waals surface area contributed by atoms with E-state index < -0.39 is 0 Å². The Bertz CT molecular complexity index is 593. The maximum atomic E-state index is 6.01. The molecule has 0 amide bonds. The highest BCUT2D eigenvalue weighted by Crippen LogP contribution is 2.35. The van der Waals surface area contributed by atoms with E-state index >= 15 is 0 Å². The molecule has 4 nitrogen and oxygen atoms in total. The van der Waals surface area contributed by atoms with Crippen LogP contribution in [0.2, 0.25) is 0 Å². The maximum Gasteiger partial charge on any atom is 0.260 e. The standard InChI is InChI=1S/C12H11Br2N3O/c13-7-4-8(11(15)9(14)5-7)12-16-10(17-18-12)3-6-1-2-6/h4-6H,1-3,15H2. The third-order valence-electron chi connectivity index (χ3n) is 2.96. The maximum absolute atomic E-state index is 6.01. The molecule has 1 saturated carbocycles. The van der Waals surface area contributed by atoms with Crippen molar-refractivity contribution >= 4 is 37.5 Å². The number of halogens is 2. The fourth-order valence-corrected chi connectivity index (χ4v) is 3.01. The van der Waals surface area contributed by atoms with E-state index in [4.69, 9.17) is 10.3 Å². The first-order valence-corrected chi connectivity index (χ1v) is 7.29. The topological polar surface area (TPSA) is 64.9 Å². The van der Waals surface area contributed by atoms with Gasteiger partial charge >= 0.3 is 0 Å². The average Bonchev–Trinajstić information content (AvgIpc) is 3.00. The summed E-state index contributed by atoms with van der Waals surface area (Å²) in [5.74, 6) is 1.98. The monoisotopic (exact) mass is 371 g/mol. The van der Waals surface area contributed by atoms with Crippen molar-refractivity contribution in [3.05, 3.63) is 26.9 Å². The molecule has 94 valence electrons. The highest BCUT2D eigenvalue weighted by molar-refractivity contribution is 9.11. The van der Waals surface area contributed by atoms with Crippen LogP contribution in [0, 0.1) is 5.92 Å². The zero-order chi connectivity index (χ0) is 12.7. The number of hydrogen-bond acceptors (Lipinski definition) is 4. The number of benzene rings is 1. The van der Waals surface area contributed by atoms with E-state index in [0.29, 0.717) is 11.6 Å². The molecule has 1 aromatic heterocycles. The van der Waals surface area contributed by atoms with Crippen LogP contribution in [0.5, 0.6) is 0 Å². The fraction of sp³-hybridized carbons (Fsp3) is 0.333. The fourth-order valence-electron chi connectivity index (χ4n) is 1.79. The van der Waals surface area contributed by atoms with Gasteiger partial charge in [0.1, 0.15) is 0 Å². The lowest BCUT2D eigenvalue weighted by Crippen LogP contribution is -1.93. The molecule has 1 aromatic carbocycles. The Labute approximate surface area is 121 Å². The van der Waals surface area contributed by atoms with Gasteiger partial charge in [0.2, 0.25) is 0 Å². The quantitative estimate of drug-likeness (QED) is 0.832. The number of anilines is 1. The molecule has 1 fully saturated rings. The van der Waals surface area contributed by atoms with Gasteiger partial charge in [-0.15, -0.1) is 0 Å². The molecule has 0 unspecified atom stereocenters. The molecule has 0 saturated heterocycles. The van der Waals surface area contributed by atoms with E-state index in [9.17, 15) is 0 Å². The molecule has 0 spiro atoms. The minimum Gasteiger partial charge on any atom is -0.397 e. The van der Waals surface area contributed by atoms with Crippen LogP contribution >= 0.6 is 31.9 Å². The second kappa shape index (κ2) is 4.66. The molecular formula is C12H11Br2N3O. The van der Waals surface area contributed by atoms with Crippen molar-refractivity contribution in [1.29, 1.82) is 0 Å². The smallest absolute Gasteiger partial charge is 0.260 e. The minimum absolute atomic E-state index is 0.477. The van der Waals surface area contributed by atoms with Crippen LogP contribution in [-0.4, -0.2) is 10.1 Å². The molecule has 6 heteroatoms. The first-order chi connectivity index (χ1) is 8.63. The second-order valence-corrected chi connectivity index (χ2v) is 6.28. The summed E-state index contributed by atoms with van der Waals surface area (Å²) >= 11 is 6.83. The Morgan fingerprint density at radius 3 is 2.83 bits per heavy atom. The van der Waals surface area contributed by atoms with Gasteiger partial charge in [-0.05, 0) is 46.8 Å². The van der Waals surface area contributed by atoms with E-state index in [1.165, 1.54) is 12.8 Å². The second-order valence-electron chi connectivity index (χ2n) is 4.51. The Balaban J connectivity index is 1.95. The van der Waals surface area contributed by atoms with E-state index in [2.05, 4.69) is 42.0 Å². The summed E-state index contributed by atoms with van der Waals surface area (Å²) in [6.45, 7) is 0. The molecule has 1 heterocycles. The van der Waals surface area contributed by atoms with Crippen LogP contribution in [-0.2, 0) is 6.42 Å². The van der Waals surface area contributed by atoms with Gasteiger partial charge in [0.05, 0.1) is 11.3 Å². The van der Waals surface area contributed by atoms with Crippen LogP contribution in [0.3, 0.4) is 0 Å². The molecule has 0 radical (unpaired) electrons. The van der Waals surface area contributed by atoms with Crippen molar-refractivity contribution in [3.63, 3.8) is 0 Å². The molecule has 0 aliphatic heterocycles. The number of nitrogens with two attached hydrogens (primary N) is 1. The van der Waals surface area contributed by atoms with Crippen LogP contribution in [0.4, 0.5) is 5.69 Å². The summed E-state index contributed by atoms with van der Waals surface area (Å²) in [6.07, 6.45) is 3.45. The number of nitrogens with zero attached hydrogens (tertiary/aromatic N) is 2. The molecule has 18 heavy (non-hydrogen) atoms. The van der Waals surface area contributed by atoms with Gasteiger partial charge in [-0.1, -0.05) is 21.1 Å². The first-order valence-electron chi connectivity index (χ1n) is 5.71. The zero-order valence-corrected chi connectivity index (χ0v) is 12.7. The van der Waals surface area contributed by atoms with Crippen molar-refractivity contribution in [1.82, 2.24) is 10.1 Å². The summed E-state index contributed by atoms with van der Waals surface area (Å²) in [6, 6.07) is 3.77. The van der Waals surface area contributed by atoms with E-state index in [-0.39, 0.29) is 0 Å². The molecule has 2 aromatic rings. The predicted molar refractivity (Wildman–Crippen MR) is 76.0 cm³/mol. The van der Waals surface area contributed by atoms with Gasteiger partial charge in [-0.25, -0.2) is 0 Å². The number of rotatable bonds is 3.